The van der Waals surface area contributed by atoms with Gasteiger partial charge in [-0.15, -0.1) is 17.0 Å². The van der Waals surface area contributed by atoms with Gasteiger partial charge in [-0.1, -0.05) is 18.2 Å². The van der Waals surface area contributed by atoms with Crippen LogP contribution in [0.15, 0.2) is 47.0 Å². The average molecular weight is 456 g/mol. The number of hydrogen-bond donors (Lipinski definition) is 1. The summed E-state index contributed by atoms with van der Waals surface area (Å²) < 4.78 is 5.89. The van der Waals surface area contributed by atoms with Gasteiger partial charge in [0.1, 0.15) is 17.2 Å². The first kappa shape index (κ1) is 20.8. The molecule has 3 heterocycles. The minimum absolute atomic E-state index is 0. The van der Waals surface area contributed by atoms with Crippen LogP contribution < -0.4 is 5.32 Å². The lowest BCUT2D eigenvalue weighted by molar-refractivity contribution is -0.125. The summed E-state index contributed by atoms with van der Waals surface area (Å²) in [5.41, 5.74) is 3.70. The molecule has 0 atom stereocenters. The number of nitrogens with one attached hydrogen (secondary N) is 1. The van der Waals surface area contributed by atoms with Crippen LogP contribution in [0.25, 0.3) is 17.0 Å². The van der Waals surface area contributed by atoms with Crippen LogP contribution in [0.1, 0.15) is 28.9 Å². The quantitative estimate of drug-likeness (QED) is 0.595. The van der Waals surface area contributed by atoms with E-state index in [2.05, 4.69) is 10.3 Å². The van der Waals surface area contributed by atoms with E-state index in [9.17, 15) is 9.59 Å². The molecule has 0 unspecified atom stereocenters. The van der Waals surface area contributed by atoms with Gasteiger partial charge in [0, 0.05) is 36.7 Å². The third kappa shape index (κ3) is 4.40. The van der Waals surface area contributed by atoms with Crippen molar-refractivity contribution in [3.63, 3.8) is 0 Å². The number of furan rings is 1. The van der Waals surface area contributed by atoms with Crippen molar-refractivity contribution < 1.29 is 14.0 Å². The third-order valence-electron chi connectivity index (χ3n) is 4.98. The molecule has 1 N–H and O–H groups in total. The van der Waals surface area contributed by atoms with Crippen molar-refractivity contribution in [3.8, 4) is 0 Å². The van der Waals surface area contributed by atoms with E-state index in [0.717, 1.165) is 33.4 Å². The highest BCUT2D eigenvalue weighted by atomic mass is 79.9. The van der Waals surface area contributed by atoms with Crippen LogP contribution in [0.2, 0.25) is 0 Å². The van der Waals surface area contributed by atoms with E-state index in [1.54, 1.807) is 24.2 Å². The highest BCUT2D eigenvalue weighted by Crippen LogP contribution is 2.26. The van der Waals surface area contributed by atoms with E-state index in [0.29, 0.717) is 25.2 Å². The normalized spacial score (nSPS) is 13.1. The molecule has 1 aromatic carbocycles. The average Bonchev–Trinajstić information content (AvgIpc) is 3.01. The molecule has 150 valence electrons. The van der Waals surface area contributed by atoms with Crippen LogP contribution in [0.5, 0.6) is 0 Å². The number of rotatable bonds is 4. The number of aryl methyl sites for hydroxylation is 2. The summed E-state index contributed by atoms with van der Waals surface area (Å²) in [6.45, 7) is 2.41. The zero-order valence-corrected chi connectivity index (χ0v) is 18.0. The van der Waals surface area contributed by atoms with Crippen LogP contribution in [0.4, 0.5) is 5.82 Å². The summed E-state index contributed by atoms with van der Waals surface area (Å²) in [5.74, 6) is 1.26. The fraction of sp³-hybridized carbons (Fsp3) is 0.227. The molecule has 0 spiro atoms. The number of amides is 2. The number of hydrogen-bond acceptors (Lipinski definition) is 4. The van der Waals surface area contributed by atoms with Gasteiger partial charge in [-0.3, -0.25) is 9.59 Å². The number of carbonyl (C=O) groups excluding carboxylic acids is 2. The van der Waals surface area contributed by atoms with Gasteiger partial charge in [-0.2, -0.15) is 0 Å². The molecule has 3 aromatic rings. The second-order valence-electron chi connectivity index (χ2n) is 7.00. The van der Waals surface area contributed by atoms with Gasteiger partial charge in [-0.05, 0) is 42.7 Å². The van der Waals surface area contributed by atoms with E-state index >= 15 is 0 Å². The van der Waals surface area contributed by atoms with Crippen molar-refractivity contribution in [1.82, 2.24) is 9.88 Å². The summed E-state index contributed by atoms with van der Waals surface area (Å²) >= 11 is 0. The lowest BCUT2D eigenvalue weighted by atomic mass is 10.0. The molecule has 6 nitrogen and oxygen atoms in total. The maximum atomic E-state index is 12.5. The Labute approximate surface area is 179 Å². The van der Waals surface area contributed by atoms with Crippen molar-refractivity contribution in [3.05, 3.63) is 65.1 Å². The molecule has 4 rings (SSSR count). The fourth-order valence-electron chi connectivity index (χ4n) is 3.33. The van der Waals surface area contributed by atoms with E-state index in [1.165, 1.54) is 6.08 Å². The minimum atomic E-state index is -0.120. The van der Waals surface area contributed by atoms with E-state index in [-0.39, 0.29) is 28.8 Å². The van der Waals surface area contributed by atoms with Crippen molar-refractivity contribution in [1.29, 1.82) is 0 Å². The van der Waals surface area contributed by atoms with Gasteiger partial charge >= 0.3 is 0 Å². The number of likely N-dealkylation sites (N-methyl/N-ethyl adjacent to an activating group) is 1. The number of para-hydroxylation sites is 1. The van der Waals surface area contributed by atoms with Crippen molar-refractivity contribution in [2.45, 2.75) is 26.3 Å². The minimum Gasteiger partial charge on any atom is -0.459 e. The Kier molecular flexibility index (Phi) is 6.17. The number of pyridine rings is 1. The van der Waals surface area contributed by atoms with Crippen LogP contribution >= 0.6 is 17.0 Å². The van der Waals surface area contributed by atoms with Gasteiger partial charge in [-0.25, -0.2) is 4.98 Å². The third-order valence-corrected chi connectivity index (χ3v) is 4.98. The molecule has 2 aromatic heterocycles. The second-order valence-corrected chi connectivity index (χ2v) is 7.00. The fourth-order valence-corrected chi connectivity index (χ4v) is 3.33. The van der Waals surface area contributed by atoms with Gasteiger partial charge in [0.15, 0.2) is 0 Å². The molecule has 0 saturated carbocycles. The molecule has 29 heavy (non-hydrogen) atoms. The predicted octanol–water partition coefficient (Wildman–Crippen LogP) is 4.27. The molecule has 1 aliphatic heterocycles. The molecular formula is C22H22BrN3O3. The first-order chi connectivity index (χ1) is 13.5. The first-order valence-electron chi connectivity index (χ1n) is 9.20. The lowest BCUT2D eigenvalue weighted by Crippen LogP contribution is -2.24. The molecule has 7 heteroatoms. The summed E-state index contributed by atoms with van der Waals surface area (Å²) in [6, 6.07) is 9.81. The second kappa shape index (κ2) is 8.61. The molecule has 0 saturated heterocycles. The molecular weight excluding hydrogens is 434 g/mol. The van der Waals surface area contributed by atoms with Crippen molar-refractivity contribution >= 4 is 51.7 Å². The van der Waals surface area contributed by atoms with Crippen LogP contribution in [-0.4, -0.2) is 28.7 Å². The molecule has 1 aliphatic rings. The van der Waals surface area contributed by atoms with Crippen molar-refractivity contribution in [2.24, 2.45) is 0 Å². The number of halogens is 1. The molecule has 0 aliphatic carbocycles. The molecule has 2 amide bonds. The zero-order valence-electron chi connectivity index (χ0n) is 16.3. The van der Waals surface area contributed by atoms with Crippen LogP contribution in [0.3, 0.4) is 0 Å². The monoisotopic (exact) mass is 455 g/mol. The molecule has 0 radical (unpaired) electrons. The highest BCUT2D eigenvalue weighted by Gasteiger charge is 2.16. The Morgan fingerprint density at radius 2 is 2.10 bits per heavy atom. The largest absolute Gasteiger partial charge is 0.459 e. The highest BCUT2D eigenvalue weighted by molar-refractivity contribution is 8.93. The Balaban J connectivity index is 0.00000240. The number of fused-ring (bicyclic) bond motifs is 2. The zero-order chi connectivity index (χ0) is 19.7. The first-order valence-corrected chi connectivity index (χ1v) is 9.20. The smallest absolute Gasteiger partial charge is 0.246 e. The van der Waals surface area contributed by atoms with Gasteiger partial charge < -0.3 is 14.6 Å². The topological polar surface area (TPSA) is 75.4 Å². The Morgan fingerprint density at radius 1 is 1.31 bits per heavy atom. The maximum absolute atomic E-state index is 12.5. The molecule has 0 bridgehead atoms. The predicted molar refractivity (Wildman–Crippen MR) is 118 cm³/mol. The number of nitrogens with zero attached hydrogens (tertiary/aromatic N) is 2. The summed E-state index contributed by atoms with van der Waals surface area (Å²) in [4.78, 5) is 29.8. The van der Waals surface area contributed by atoms with Gasteiger partial charge in [0.2, 0.25) is 11.8 Å². The summed E-state index contributed by atoms with van der Waals surface area (Å²) in [5, 5.41) is 3.82. The SMILES string of the molecule is Br.Cc1c(CN(C)C(=O)C=Cc2cnc3c(c2)CCC(=O)N3)oc2ccccc12. The summed E-state index contributed by atoms with van der Waals surface area (Å²) in [6.07, 6.45) is 6.05. The number of aromatic nitrogens is 1. The summed E-state index contributed by atoms with van der Waals surface area (Å²) in [7, 11) is 1.75. The van der Waals surface area contributed by atoms with Crippen LogP contribution in [-0.2, 0) is 22.6 Å². The van der Waals surface area contributed by atoms with Crippen molar-refractivity contribution in [2.75, 3.05) is 12.4 Å². The van der Waals surface area contributed by atoms with E-state index < -0.39 is 0 Å². The van der Waals surface area contributed by atoms with Gasteiger partial charge in [0.05, 0.1) is 6.54 Å². The van der Waals surface area contributed by atoms with Crippen LogP contribution in [0, 0.1) is 6.92 Å². The Hall–Kier alpha value is -2.93. The molecule has 0 fully saturated rings. The lowest BCUT2D eigenvalue weighted by Gasteiger charge is -2.16. The number of benzene rings is 1. The maximum Gasteiger partial charge on any atom is 0.246 e. The van der Waals surface area contributed by atoms with Gasteiger partial charge in [0.25, 0.3) is 0 Å². The van der Waals surface area contributed by atoms with E-state index in [4.69, 9.17) is 4.42 Å². The standard InChI is InChI=1S/C22H21N3O3.BrH/c1-14-17-5-3-4-6-18(17)28-19(14)13-25(2)21(27)10-7-15-11-16-8-9-20(26)24-22(16)23-12-15;/h3-7,10-12H,8-9,13H2,1-2H3,(H,23,24,26);1H. The Morgan fingerprint density at radius 3 is 2.90 bits per heavy atom. The number of anilines is 1. The Bertz CT molecular complexity index is 1100. The number of carbonyl (C=O) groups is 2. The van der Waals surface area contributed by atoms with E-state index in [1.807, 2.05) is 37.3 Å².